The number of rotatable bonds is 10. The molecule has 6 heteroatoms. The third kappa shape index (κ3) is 9.56. The number of furan rings is 1. The van der Waals surface area contributed by atoms with E-state index in [2.05, 4.69) is 193 Å². The fourth-order valence-electron chi connectivity index (χ4n) is 9.86. The minimum atomic E-state index is -1.37. The van der Waals surface area contributed by atoms with Crippen molar-refractivity contribution in [2.24, 2.45) is 5.92 Å². The Kier molecular flexibility index (Phi) is 14.2. The third-order valence-corrected chi connectivity index (χ3v) is 15.5. The number of fused-ring (bicyclic) bond motifs is 4. The largest absolute Gasteiger partial charge is 0.501 e. The normalized spacial score (nSPS) is 13.3. The Morgan fingerprint density at radius 2 is 1.39 bits per heavy atom. The number of aromatic nitrogens is 3. The predicted octanol–water partition coefficient (Wildman–Crippen LogP) is 16.3. The zero-order valence-electron chi connectivity index (χ0n) is 40.1. The number of imidazole rings is 1. The fourth-order valence-corrected chi connectivity index (χ4v) is 11.5. The molecule has 10 rings (SSSR count). The van der Waals surface area contributed by atoms with Crippen LogP contribution in [0, 0.1) is 18.1 Å². The maximum absolute atomic E-state index is 6.47. The Bertz CT molecular complexity index is 3060. The molecule has 66 heavy (non-hydrogen) atoms. The van der Waals surface area contributed by atoms with Gasteiger partial charge in [-0.2, -0.15) is 0 Å². The molecule has 0 spiro atoms. The molecule has 0 bridgehead atoms. The molecule has 1 fully saturated rings. The van der Waals surface area contributed by atoms with Gasteiger partial charge in [0.15, 0.2) is 0 Å². The minimum Gasteiger partial charge on any atom is -0.501 e. The van der Waals surface area contributed by atoms with Gasteiger partial charge in [0, 0.05) is 37.4 Å². The summed E-state index contributed by atoms with van der Waals surface area (Å²) in [5, 5.41) is 3.73. The smallest absolute Gasteiger partial charge is 0.120 e. The van der Waals surface area contributed by atoms with E-state index in [-0.39, 0.29) is 20.1 Å². The van der Waals surface area contributed by atoms with E-state index in [0.29, 0.717) is 17.8 Å². The second-order valence-electron chi connectivity index (χ2n) is 20.2. The number of para-hydroxylation sites is 3. The molecule has 0 saturated heterocycles. The van der Waals surface area contributed by atoms with Crippen LogP contribution in [0.1, 0.15) is 107 Å². The van der Waals surface area contributed by atoms with Crippen LogP contribution in [0.15, 0.2) is 138 Å². The Hall–Kier alpha value is -5.39. The molecule has 9 aromatic rings. The van der Waals surface area contributed by atoms with Crippen LogP contribution in [0.2, 0.25) is 19.6 Å². The second-order valence-corrected chi connectivity index (χ2v) is 25.2. The van der Waals surface area contributed by atoms with Crippen molar-refractivity contribution < 1.29 is 24.5 Å². The van der Waals surface area contributed by atoms with Crippen molar-refractivity contribution in [1.29, 1.82) is 0 Å². The van der Waals surface area contributed by atoms with Crippen molar-refractivity contribution in [3.8, 4) is 39.5 Å². The first kappa shape index (κ1) is 47.1. The minimum absolute atomic E-state index is 0. The molecule has 3 heterocycles. The van der Waals surface area contributed by atoms with Crippen LogP contribution in [0.5, 0.6) is 0 Å². The molecular formula is C60H63IrN3OSi-2. The van der Waals surface area contributed by atoms with Crippen LogP contribution in [0.4, 0.5) is 0 Å². The van der Waals surface area contributed by atoms with Crippen molar-refractivity contribution >= 4 is 46.2 Å². The first-order valence-electron chi connectivity index (χ1n) is 23.9. The summed E-state index contributed by atoms with van der Waals surface area (Å²) in [6.07, 6.45) is 9.04. The average Bonchev–Trinajstić information content (AvgIpc) is 4.06. The van der Waals surface area contributed by atoms with Gasteiger partial charge in [0.25, 0.3) is 0 Å². The van der Waals surface area contributed by atoms with E-state index >= 15 is 0 Å². The van der Waals surface area contributed by atoms with Gasteiger partial charge in [-0.1, -0.05) is 176 Å². The topological polar surface area (TPSA) is 43.9 Å². The van der Waals surface area contributed by atoms with Crippen LogP contribution < -0.4 is 5.19 Å². The Morgan fingerprint density at radius 1 is 0.712 bits per heavy atom. The van der Waals surface area contributed by atoms with Crippen molar-refractivity contribution in [1.82, 2.24) is 14.5 Å². The molecule has 1 saturated carbocycles. The molecule has 1 radical (unpaired) electrons. The van der Waals surface area contributed by atoms with Crippen molar-refractivity contribution in [3.05, 3.63) is 168 Å². The van der Waals surface area contributed by atoms with E-state index in [9.17, 15) is 0 Å². The Labute approximate surface area is 407 Å². The summed E-state index contributed by atoms with van der Waals surface area (Å²) in [4.78, 5) is 10.1. The van der Waals surface area contributed by atoms with Crippen LogP contribution in [-0.2, 0) is 26.5 Å². The van der Waals surface area contributed by atoms with Gasteiger partial charge in [-0.25, -0.2) is 0 Å². The molecule has 4 nitrogen and oxygen atoms in total. The SMILES string of the molecule is CC(C)c1c[c-]c(-c2cc(CC3CCCC3)c([Si](C)(C)C)cn2)cc1.CC(C)c1cc(-c2ccccc2)cc(C(C)C)c1-n1c(-c2[c-]ccc3c2oc2ccccc23)nc2ccccc21.[Ir]. The summed E-state index contributed by atoms with van der Waals surface area (Å²) < 4.78 is 8.83. The van der Waals surface area contributed by atoms with Crippen molar-refractivity contribution in [2.75, 3.05) is 0 Å². The fraction of sp³-hybridized carbons (Fsp3) is 0.300. The summed E-state index contributed by atoms with van der Waals surface area (Å²) in [5.41, 5.74) is 16.0. The van der Waals surface area contributed by atoms with E-state index in [1.165, 1.54) is 65.6 Å². The molecule has 0 N–H and O–H groups in total. The van der Waals surface area contributed by atoms with Crippen LogP contribution in [0.3, 0.4) is 0 Å². The summed E-state index contributed by atoms with van der Waals surface area (Å²) in [7, 11) is -1.37. The van der Waals surface area contributed by atoms with Crippen LogP contribution in [0.25, 0.3) is 72.4 Å². The zero-order valence-corrected chi connectivity index (χ0v) is 43.5. The summed E-state index contributed by atoms with van der Waals surface area (Å²) in [6, 6.07) is 52.0. The van der Waals surface area contributed by atoms with Crippen LogP contribution >= 0.6 is 0 Å². The average molecular weight is 1060 g/mol. The molecule has 1 aliphatic carbocycles. The number of hydrogen-bond acceptors (Lipinski definition) is 3. The van der Waals surface area contributed by atoms with E-state index in [4.69, 9.17) is 14.4 Å². The molecule has 3 aromatic heterocycles. The summed E-state index contributed by atoms with van der Waals surface area (Å²) >= 11 is 0. The number of hydrogen-bond donors (Lipinski definition) is 0. The molecule has 0 unspecified atom stereocenters. The summed E-state index contributed by atoms with van der Waals surface area (Å²) in [6.45, 7) is 20.9. The quantitative estimate of drug-likeness (QED) is 0.101. The van der Waals surface area contributed by atoms with Crippen LogP contribution in [-0.4, -0.2) is 22.6 Å². The third-order valence-electron chi connectivity index (χ3n) is 13.4. The maximum Gasteiger partial charge on any atom is 0.120 e. The number of benzene rings is 6. The van der Waals surface area contributed by atoms with E-state index in [0.717, 1.165) is 61.5 Å². The van der Waals surface area contributed by atoms with Gasteiger partial charge in [0.2, 0.25) is 0 Å². The van der Waals surface area contributed by atoms with E-state index in [1.807, 2.05) is 18.2 Å². The van der Waals surface area contributed by atoms with E-state index < -0.39 is 8.07 Å². The van der Waals surface area contributed by atoms with Gasteiger partial charge in [-0.15, -0.1) is 53.6 Å². The van der Waals surface area contributed by atoms with Gasteiger partial charge in [-0.3, -0.25) is 4.98 Å². The summed E-state index contributed by atoms with van der Waals surface area (Å²) in [5.74, 6) is 2.87. The monoisotopic (exact) mass is 1060 g/mol. The predicted molar refractivity (Wildman–Crippen MR) is 277 cm³/mol. The molecular weight excluding hydrogens is 999 g/mol. The van der Waals surface area contributed by atoms with Gasteiger partial charge in [-0.05, 0) is 87.6 Å². The molecule has 339 valence electrons. The van der Waals surface area contributed by atoms with Crippen molar-refractivity contribution in [2.45, 2.75) is 111 Å². The molecule has 0 amide bonds. The van der Waals surface area contributed by atoms with Gasteiger partial charge < -0.3 is 14.0 Å². The molecule has 0 atom stereocenters. The zero-order chi connectivity index (χ0) is 45.4. The standard InChI is InChI=1S/C37H31N2O.C23H32NSi.Ir/c1-23(2)30-21-26(25-13-6-5-7-14-25)22-31(24(3)4)35(30)39-33-19-10-9-18-32(33)38-37(39)29-17-12-16-28-27-15-8-11-20-34(27)40-36(28)29;1-17(2)19-10-12-20(13-11-19)22-15-21(14-18-8-6-7-9-18)23(16-24-22)25(3,4)5;/h5-16,18-24H,1-4H3;10-12,15-18H,6-9,14H2,1-5H3;/q2*-1;. The van der Waals surface area contributed by atoms with Gasteiger partial charge in [0.05, 0.1) is 30.5 Å². The first-order chi connectivity index (χ1) is 31.4. The second kappa shape index (κ2) is 19.8. The van der Waals surface area contributed by atoms with Gasteiger partial charge in [0.1, 0.15) is 5.58 Å². The first-order valence-corrected chi connectivity index (χ1v) is 27.4. The molecule has 1 aliphatic rings. The van der Waals surface area contributed by atoms with Gasteiger partial charge >= 0.3 is 0 Å². The van der Waals surface area contributed by atoms with Crippen molar-refractivity contribution in [3.63, 3.8) is 0 Å². The Morgan fingerprint density at radius 3 is 2.06 bits per heavy atom. The molecule has 0 aliphatic heterocycles. The molecule has 6 aromatic carbocycles. The Balaban J connectivity index is 0.000000197. The van der Waals surface area contributed by atoms with E-state index in [1.54, 1.807) is 10.8 Å². The number of nitrogens with zero attached hydrogens (tertiary/aromatic N) is 3. The maximum atomic E-state index is 6.47. The number of pyridine rings is 1.